The third kappa shape index (κ3) is 2.77. The Morgan fingerprint density at radius 2 is 1.78 bits per heavy atom. The van der Waals surface area contributed by atoms with Gasteiger partial charge in [-0.2, -0.15) is 13.2 Å². The van der Waals surface area contributed by atoms with Gasteiger partial charge in [-0.1, -0.05) is 0 Å². The molecule has 100 valence electrons. The highest BCUT2D eigenvalue weighted by Gasteiger charge is 2.31. The number of nitrogens with two attached hydrogens (primary N) is 1. The molecule has 0 radical (unpaired) electrons. The van der Waals surface area contributed by atoms with Crippen molar-refractivity contribution in [2.45, 2.75) is 32.0 Å². The number of hydrogen-bond acceptors (Lipinski definition) is 2. The second-order valence-corrected chi connectivity index (χ2v) is 4.59. The van der Waals surface area contributed by atoms with Gasteiger partial charge in [-0.3, -0.25) is 0 Å². The largest absolute Gasteiger partial charge is 0.416 e. The average Bonchev–Trinajstić information content (AvgIpc) is 2.38. The summed E-state index contributed by atoms with van der Waals surface area (Å²) in [5, 5.41) is 0. The van der Waals surface area contributed by atoms with Gasteiger partial charge >= 0.3 is 6.18 Å². The predicted molar refractivity (Wildman–Crippen MR) is 65.4 cm³/mol. The highest BCUT2D eigenvalue weighted by Crippen LogP contribution is 2.33. The standard InChI is InChI=1S/C13H17F3N2/c14-13(15,16)11-4-5-12(10(8-11)9-17)18-6-2-1-3-7-18/h4-5,8H,1-3,6-7,9,17H2. The molecule has 0 aliphatic carbocycles. The van der Waals surface area contributed by atoms with E-state index in [4.69, 9.17) is 5.73 Å². The molecule has 1 heterocycles. The summed E-state index contributed by atoms with van der Waals surface area (Å²) in [5.74, 6) is 0. The normalized spacial score (nSPS) is 17.0. The zero-order valence-corrected chi connectivity index (χ0v) is 10.1. The molecule has 0 spiro atoms. The van der Waals surface area contributed by atoms with Crippen molar-refractivity contribution in [2.24, 2.45) is 5.73 Å². The lowest BCUT2D eigenvalue weighted by atomic mass is 10.0. The van der Waals surface area contributed by atoms with Gasteiger partial charge in [-0.25, -0.2) is 0 Å². The van der Waals surface area contributed by atoms with Crippen LogP contribution in [0.3, 0.4) is 0 Å². The third-order valence-electron chi connectivity index (χ3n) is 3.32. The Hall–Kier alpha value is -1.23. The fourth-order valence-electron chi connectivity index (χ4n) is 2.37. The van der Waals surface area contributed by atoms with Crippen LogP contribution >= 0.6 is 0 Å². The quantitative estimate of drug-likeness (QED) is 0.883. The number of alkyl halides is 3. The topological polar surface area (TPSA) is 29.3 Å². The lowest BCUT2D eigenvalue weighted by Crippen LogP contribution is -2.30. The average molecular weight is 258 g/mol. The van der Waals surface area contributed by atoms with Crippen molar-refractivity contribution in [1.29, 1.82) is 0 Å². The summed E-state index contributed by atoms with van der Waals surface area (Å²) in [6, 6.07) is 3.86. The van der Waals surface area contributed by atoms with Gasteiger partial charge in [0.05, 0.1) is 5.56 Å². The molecule has 1 fully saturated rings. The Morgan fingerprint density at radius 1 is 1.11 bits per heavy atom. The van der Waals surface area contributed by atoms with Crippen molar-refractivity contribution in [3.05, 3.63) is 29.3 Å². The van der Waals surface area contributed by atoms with E-state index in [2.05, 4.69) is 4.90 Å². The van der Waals surface area contributed by atoms with Crippen LogP contribution in [0.1, 0.15) is 30.4 Å². The van der Waals surface area contributed by atoms with Gasteiger partial charge in [0.2, 0.25) is 0 Å². The third-order valence-corrected chi connectivity index (χ3v) is 3.32. The number of nitrogens with zero attached hydrogens (tertiary/aromatic N) is 1. The maximum atomic E-state index is 12.6. The maximum absolute atomic E-state index is 12.6. The minimum atomic E-state index is -4.30. The summed E-state index contributed by atoms with van der Waals surface area (Å²) in [6.45, 7) is 1.94. The molecular formula is C13H17F3N2. The molecule has 1 aliphatic heterocycles. The van der Waals surface area contributed by atoms with E-state index in [-0.39, 0.29) is 6.54 Å². The molecule has 0 atom stereocenters. The summed E-state index contributed by atoms with van der Waals surface area (Å²) >= 11 is 0. The number of anilines is 1. The van der Waals surface area contributed by atoms with Crippen LogP contribution in [0.5, 0.6) is 0 Å². The van der Waals surface area contributed by atoms with Gasteiger partial charge in [0.25, 0.3) is 0 Å². The van der Waals surface area contributed by atoms with Gasteiger partial charge in [0, 0.05) is 25.3 Å². The van der Waals surface area contributed by atoms with E-state index in [1.165, 1.54) is 12.5 Å². The van der Waals surface area contributed by atoms with Crippen molar-refractivity contribution in [3.63, 3.8) is 0 Å². The minimum Gasteiger partial charge on any atom is -0.371 e. The number of piperidine rings is 1. The second kappa shape index (κ2) is 5.18. The molecule has 2 rings (SSSR count). The first-order chi connectivity index (χ1) is 8.52. The molecule has 1 aromatic carbocycles. The lowest BCUT2D eigenvalue weighted by molar-refractivity contribution is -0.137. The Bertz CT molecular complexity index is 409. The van der Waals surface area contributed by atoms with Gasteiger partial charge in [-0.05, 0) is 43.0 Å². The lowest BCUT2D eigenvalue weighted by Gasteiger charge is -2.30. The molecule has 1 aliphatic rings. The summed E-state index contributed by atoms with van der Waals surface area (Å²) in [4.78, 5) is 2.13. The number of benzene rings is 1. The number of rotatable bonds is 2. The molecule has 1 aromatic rings. The molecule has 0 aromatic heterocycles. The molecule has 0 saturated carbocycles. The van der Waals surface area contributed by atoms with Gasteiger partial charge in [-0.15, -0.1) is 0 Å². The van der Waals surface area contributed by atoms with E-state index >= 15 is 0 Å². The highest BCUT2D eigenvalue weighted by molar-refractivity contribution is 5.55. The summed E-state index contributed by atoms with van der Waals surface area (Å²) in [5.41, 5.74) is 6.38. The Morgan fingerprint density at radius 3 is 2.33 bits per heavy atom. The first kappa shape index (κ1) is 13.2. The molecule has 1 saturated heterocycles. The second-order valence-electron chi connectivity index (χ2n) is 4.59. The van der Waals surface area contributed by atoms with E-state index in [9.17, 15) is 13.2 Å². The summed E-state index contributed by atoms with van der Waals surface area (Å²) in [6.07, 6.45) is -0.935. The van der Waals surface area contributed by atoms with Crippen molar-refractivity contribution in [2.75, 3.05) is 18.0 Å². The van der Waals surface area contributed by atoms with Crippen LogP contribution < -0.4 is 10.6 Å². The monoisotopic (exact) mass is 258 g/mol. The minimum absolute atomic E-state index is 0.135. The number of hydrogen-bond donors (Lipinski definition) is 1. The zero-order valence-electron chi connectivity index (χ0n) is 10.1. The van der Waals surface area contributed by atoms with Gasteiger partial charge < -0.3 is 10.6 Å². The highest BCUT2D eigenvalue weighted by atomic mass is 19.4. The van der Waals surface area contributed by atoms with Gasteiger partial charge in [0.1, 0.15) is 0 Å². The summed E-state index contributed by atoms with van der Waals surface area (Å²) < 4.78 is 37.9. The van der Waals surface area contributed by atoms with Gasteiger partial charge in [0.15, 0.2) is 0 Å². The molecule has 2 nitrogen and oxygen atoms in total. The van der Waals surface area contributed by atoms with Crippen LogP contribution in [0.15, 0.2) is 18.2 Å². The van der Waals surface area contributed by atoms with Crippen LogP contribution in [0.4, 0.5) is 18.9 Å². The van der Waals surface area contributed by atoms with Crippen molar-refractivity contribution >= 4 is 5.69 Å². The van der Waals surface area contributed by atoms with E-state index < -0.39 is 11.7 Å². The van der Waals surface area contributed by atoms with Crippen LogP contribution in [-0.2, 0) is 12.7 Å². The number of halogens is 3. The summed E-state index contributed by atoms with van der Waals surface area (Å²) in [7, 11) is 0. The maximum Gasteiger partial charge on any atom is 0.416 e. The molecule has 0 bridgehead atoms. The van der Waals surface area contributed by atoms with E-state index in [0.29, 0.717) is 5.56 Å². The zero-order chi connectivity index (χ0) is 13.2. The van der Waals surface area contributed by atoms with Crippen LogP contribution in [0, 0.1) is 0 Å². The Labute approximate surface area is 105 Å². The Balaban J connectivity index is 2.30. The fraction of sp³-hybridized carbons (Fsp3) is 0.538. The van der Waals surface area contributed by atoms with Crippen molar-refractivity contribution in [1.82, 2.24) is 0 Å². The smallest absolute Gasteiger partial charge is 0.371 e. The van der Waals surface area contributed by atoms with Crippen molar-refractivity contribution in [3.8, 4) is 0 Å². The van der Waals surface area contributed by atoms with Crippen LogP contribution in [0.2, 0.25) is 0 Å². The van der Waals surface area contributed by atoms with E-state index in [1.807, 2.05) is 0 Å². The van der Waals surface area contributed by atoms with Crippen LogP contribution in [0.25, 0.3) is 0 Å². The molecular weight excluding hydrogens is 241 g/mol. The molecule has 0 amide bonds. The van der Waals surface area contributed by atoms with Crippen LogP contribution in [-0.4, -0.2) is 13.1 Å². The molecule has 5 heteroatoms. The predicted octanol–water partition coefficient (Wildman–Crippen LogP) is 3.15. The first-order valence-corrected chi connectivity index (χ1v) is 6.17. The molecule has 2 N–H and O–H groups in total. The SMILES string of the molecule is NCc1cc(C(F)(F)F)ccc1N1CCCCC1. The Kier molecular flexibility index (Phi) is 3.80. The van der Waals surface area contributed by atoms with Crippen molar-refractivity contribution < 1.29 is 13.2 Å². The first-order valence-electron chi connectivity index (χ1n) is 6.17. The molecule has 0 unspecified atom stereocenters. The van der Waals surface area contributed by atoms with E-state index in [0.717, 1.165) is 37.7 Å². The molecule has 18 heavy (non-hydrogen) atoms. The van der Waals surface area contributed by atoms with E-state index in [1.54, 1.807) is 6.07 Å². The fourth-order valence-corrected chi connectivity index (χ4v) is 2.37.